The van der Waals surface area contributed by atoms with Gasteiger partial charge in [0.2, 0.25) is 0 Å². The highest BCUT2D eigenvalue weighted by molar-refractivity contribution is 5.24. The molecule has 0 amide bonds. The number of halogens is 1. The normalized spacial score (nSPS) is 18.7. The summed E-state index contributed by atoms with van der Waals surface area (Å²) in [6, 6.07) is 8.40. The number of aromatic amines is 1. The van der Waals surface area contributed by atoms with E-state index in [1.165, 1.54) is 6.07 Å². The molecule has 2 aromatic rings. The van der Waals surface area contributed by atoms with Gasteiger partial charge < -0.3 is 10.1 Å². The lowest BCUT2D eigenvalue weighted by Crippen LogP contribution is -2.08. The van der Waals surface area contributed by atoms with E-state index in [0.717, 1.165) is 30.9 Å². The van der Waals surface area contributed by atoms with Gasteiger partial charge >= 0.3 is 0 Å². The Bertz CT molecular complexity index is 549. The first-order valence-electron chi connectivity index (χ1n) is 6.45. The smallest absolute Gasteiger partial charge is 0.165 e. The van der Waals surface area contributed by atoms with Gasteiger partial charge in [0, 0.05) is 12.5 Å². The van der Waals surface area contributed by atoms with E-state index in [1.54, 1.807) is 18.2 Å². The molecule has 2 N–H and O–H groups in total. The first-order chi connectivity index (χ1) is 9.33. The fourth-order valence-electron chi connectivity index (χ4n) is 2.29. The van der Waals surface area contributed by atoms with Gasteiger partial charge in [0.15, 0.2) is 11.6 Å². The van der Waals surface area contributed by atoms with Crippen molar-refractivity contribution < 1.29 is 9.13 Å². The van der Waals surface area contributed by atoms with Crippen LogP contribution in [0.3, 0.4) is 0 Å². The maximum Gasteiger partial charge on any atom is 0.165 e. The maximum absolute atomic E-state index is 13.4. The molecule has 100 valence electrons. The van der Waals surface area contributed by atoms with Gasteiger partial charge in [-0.1, -0.05) is 12.1 Å². The van der Waals surface area contributed by atoms with Crippen molar-refractivity contribution in [3.63, 3.8) is 0 Å². The van der Waals surface area contributed by atoms with Crippen molar-refractivity contribution in [2.24, 2.45) is 0 Å². The average Bonchev–Trinajstić information content (AvgIpc) is 3.09. The molecule has 0 radical (unpaired) electrons. The van der Waals surface area contributed by atoms with Crippen LogP contribution in [0.25, 0.3) is 0 Å². The Labute approximate surface area is 111 Å². The minimum atomic E-state index is -0.345. The van der Waals surface area contributed by atoms with Gasteiger partial charge in [-0.05, 0) is 31.2 Å². The van der Waals surface area contributed by atoms with E-state index in [0.29, 0.717) is 12.5 Å². The Kier molecular flexibility index (Phi) is 3.46. The molecule has 0 unspecified atom stereocenters. The third kappa shape index (κ3) is 2.76. The molecule has 19 heavy (non-hydrogen) atoms. The SMILES string of the molecule is Fc1ccccc1OCc1cc([C@@H]2CCNC2)n[nH]1. The standard InChI is InChI=1S/C14H16FN3O/c15-12-3-1-2-4-14(12)19-9-11-7-13(18-17-11)10-5-6-16-8-10/h1-4,7,10,16H,5-6,8-9H2,(H,17,18)/t10-/m1/s1. The van der Waals surface area contributed by atoms with Crippen molar-refractivity contribution in [1.82, 2.24) is 15.5 Å². The number of benzene rings is 1. The Morgan fingerprint density at radius 1 is 1.37 bits per heavy atom. The number of nitrogens with zero attached hydrogens (tertiary/aromatic N) is 1. The van der Waals surface area contributed by atoms with Crippen LogP contribution in [0.2, 0.25) is 0 Å². The van der Waals surface area contributed by atoms with Crippen LogP contribution >= 0.6 is 0 Å². The van der Waals surface area contributed by atoms with Crippen LogP contribution in [-0.4, -0.2) is 23.3 Å². The molecule has 0 aliphatic carbocycles. The fraction of sp³-hybridized carbons (Fsp3) is 0.357. The van der Waals surface area contributed by atoms with Gasteiger partial charge in [0.25, 0.3) is 0 Å². The molecule has 0 saturated carbocycles. The lowest BCUT2D eigenvalue weighted by molar-refractivity contribution is 0.286. The summed E-state index contributed by atoms with van der Waals surface area (Å²) in [5.74, 6) is 0.391. The van der Waals surface area contributed by atoms with Crippen molar-refractivity contribution in [3.8, 4) is 5.75 Å². The predicted octanol–water partition coefficient (Wildman–Crippen LogP) is 2.20. The Hall–Kier alpha value is -1.88. The summed E-state index contributed by atoms with van der Waals surface area (Å²) >= 11 is 0. The molecule has 1 aromatic carbocycles. The largest absolute Gasteiger partial charge is 0.484 e. The van der Waals surface area contributed by atoms with E-state index in [4.69, 9.17) is 4.74 Å². The summed E-state index contributed by atoms with van der Waals surface area (Å²) in [7, 11) is 0. The lowest BCUT2D eigenvalue weighted by Gasteiger charge is -2.05. The first-order valence-corrected chi connectivity index (χ1v) is 6.45. The molecule has 1 atom stereocenters. The summed E-state index contributed by atoms with van der Waals surface area (Å²) in [4.78, 5) is 0. The minimum absolute atomic E-state index is 0.265. The molecule has 1 saturated heterocycles. The zero-order chi connectivity index (χ0) is 13.1. The van der Waals surface area contributed by atoms with Crippen LogP contribution in [-0.2, 0) is 6.61 Å². The molecule has 0 spiro atoms. The second kappa shape index (κ2) is 5.40. The van der Waals surface area contributed by atoms with Crippen LogP contribution in [0.5, 0.6) is 5.75 Å². The lowest BCUT2D eigenvalue weighted by atomic mass is 10.1. The molecule has 2 heterocycles. The second-order valence-corrected chi connectivity index (χ2v) is 4.73. The number of hydrogen-bond acceptors (Lipinski definition) is 3. The highest BCUT2D eigenvalue weighted by Crippen LogP contribution is 2.22. The summed E-state index contributed by atoms with van der Waals surface area (Å²) in [6.07, 6.45) is 1.11. The van der Waals surface area contributed by atoms with E-state index in [1.807, 2.05) is 6.07 Å². The third-order valence-corrected chi connectivity index (χ3v) is 3.35. The van der Waals surface area contributed by atoms with Gasteiger partial charge in [-0.25, -0.2) is 4.39 Å². The number of H-pyrrole nitrogens is 1. The van der Waals surface area contributed by atoms with E-state index >= 15 is 0 Å². The average molecular weight is 261 g/mol. The molecule has 1 aliphatic heterocycles. The van der Waals surface area contributed by atoms with Crippen LogP contribution < -0.4 is 10.1 Å². The van der Waals surface area contributed by atoms with Crippen molar-refractivity contribution >= 4 is 0 Å². The molecular weight excluding hydrogens is 245 g/mol. The molecule has 4 nitrogen and oxygen atoms in total. The van der Waals surface area contributed by atoms with Crippen LogP contribution in [0.4, 0.5) is 4.39 Å². The van der Waals surface area contributed by atoms with Gasteiger partial charge in [-0.15, -0.1) is 0 Å². The first kappa shape index (κ1) is 12.2. The summed E-state index contributed by atoms with van der Waals surface area (Å²) in [6.45, 7) is 2.31. The van der Waals surface area contributed by atoms with Crippen molar-refractivity contribution in [2.75, 3.05) is 13.1 Å². The van der Waals surface area contributed by atoms with Crippen molar-refractivity contribution in [3.05, 3.63) is 47.5 Å². The third-order valence-electron chi connectivity index (χ3n) is 3.35. The monoisotopic (exact) mass is 261 g/mol. The summed E-state index contributed by atoms with van der Waals surface area (Å²) in [5.41, 5.74) is 1.92. The number of nitrogens with one attached hydrogen (secondary N) is 2. The van der Waals surface area contributed by atoms with Crippen molar-refractivity contribution in [2.45, 2.75) is 18.9 Å². The minimum Gasteiger partial charge on any atom is -0.484 e. The number of aromatic nitrogens is 2. The Morgan fingerprint density at radius 3 is 3.05 bits per heavy atom. The second-order valence-electron chi connectivity index (χ2n) is 4.73. The topological polar surface area (TPSA) is 49.9 Å². The zero-order valence-electron chi connectivity index (χ0n) is 10.5. The van der Waals surface area contributed by atoms with Gasteiger partial charge in [-0.2, -0.15) is 5.10 Å². The van der Waals surface area contributed by atoms with Crippen LogP contribution in [0.1, 0.15) is 23.7 Å². The number of para-hydroxylation sites is 1. The van der Waals surface area contributed by atoms with E-state index < -0.39 is 0 Å². The van der Waals surface area contributed by atoms with E-state index in [-0.39, 0.29) is 11.6 Å². The van der Waals surface area contributed by atoms with Gasteiger partial charge in [-0.3, -0.25) is 5.10 Å². The zero-order valence-corrected chi connectivity index (χ0v) is 10.5. The fourth-order valence-corrected chi connectivity index (χ4v) is 2.29. The maximum atomic E-state index is 13.4. The molecule has 1 aromatic heterocycles. The van der Waals surface area contributed by atoms with E-state index in [2.05, 4.69) is 15.5 Å². The summed E-state index contributed by atoms with van der Waals surface area (Å²) < 4.78 is 18.8. The molecule has 3 rings (SSSR count). The van der Waals surface area contributed by atoms with E-state index in [9.17, 15) is 4.39 Å². The molecule has 1 fully saturated rings. The molecule has 0 bridgehead atoms. The Morgan fingerprint density at radius 2 is 2.26 bits per heavy atom. The number of ether oxygens (including phenoxy) is 1. The quantitative estimate of drug-likeness (QED) is 0.887. The molecule has 5 heteroatoms. The van der Waals surface area contributed by atoms with Crippen molar-refractivity contribution in [1.29, 1.82) is 0 Å². The van der Waals surface area contributed by atoms with Crippen LogP contribution in [0, 0.1) is 5.82 Å². The van der Waals surface area contributed by atoms with Gasteiger partial charge in [0.1, 0.15) is 6.61 Å². The highest BCUT2D eigenvalue weighted by atomic mass is 19.1. The number of hydrogen-bond donors (Lipinski definition) is 2. The predicted molar refractivity (Wildman–Crippen MR) is 69.5 cm³/mol. The highest BCUT2D eigenvalue weighted by Gasteiger charge is 2.19. The summed E-state index contributed by atoms with van der Waals surface area (Å²) in [5, 5.41) is 10.6. The Balaban J connectivity index is 1.63. The van der Waals surface area contributed by atoms with Crippen LogP contribution in [0.15, 0.2) is 30.3 Å². The number of rotatable bonds is 4. The van der Waals surface area contributed by atoms with Gasteiger partial charge in [0.05, 0.1) is 11.4 Å². The molecule has 1 aliphatic rings. The molecular formula is C14H16FN3O.